The standard InChI is InChI=1S/C13H12BN3/c14-9-6-7-12-11(8-9)16-13(15)17(12)10-4-2-1-3-5-10/h1-8H,14H2,(H2,15,16). The van der Waals surface area contributed by atoms with Crippen molar-refractivity contribution in [3.63, 3.8) is 0 Å². The van der Waals surface area contributed by atoms with Crippen molar-refractivity contribution < 1.29 is 0 Å². The van der Waals surface area contributed by atoms with Crippen LogP contribution in [-0.4, -0.2) is 17.4 Å². The third kappa shape index (κ3) is 1.58. The number of nitrogens with two attached hydrogens (primary N) is 1. The van der Waals surface area contributed by atoms with Gasteiger partial charge in [0.1, 0.15) is 7.85 Å². The Hall–Kier alpha value is -2.23. The molecule has 1 aromatic heterocycles. The van der Waals surface area contributed by atoms with E-state index in [9.17, 15) is 0 Å². The normalized spacial score (nSPS) is 10.8. The fraction of sp³-hybridized carbons (Fsp3) is 0. The fourth-order valence-electron chi connectivity index (χ4n) is 2.06. The van der Waals surface area contributed by atoms with Crippen LogP contribution in [-0.2, 0) is 0 Å². The van der Waals surface area contributed by atoms with E-state index in [4.69, 9.17) is 5.73 Å². The van der Waals surface area contributed by atoms with Crippen molar-refractivity contribution in [3.05, 3.63) is 48.5 Å². The molecule has 0 aliphatic rings. The van der Waals surface area contributed by atoms with Crippen molar-refractivity contribution >= 4 is 30.3 Å². The lowest BCUT2D eigenvalue weighted by Gasteiger charge is -2.05. The minimum absolute atomic E-state index is 0.525. The molecule has 0 aliphatic carbocycles. The Morgan fingerprint density at radius 3 is 2.59 bits per heavy atom. The summed E-state index contributed by atoms with van der Waals surface area (Å²) in [5.41, 5.74) is 10.2. The number of hydrogen-bond acceptors (Lipinski definition) is 2. The van der Waals surface area contributed by atoms with E-state index in [1.807, 2.05) is 41.0 Å². The van der Waals surface area contributed by atoms with Gasteiger partial charge in [0.25, 0.3) is 0 Å². The number of imidazole rings is 1. The van der Waals surface area contributed by atoms with E-state index >= 15 is 0 Å². The lowest BCUT2D eigenvalue weighted by molar-refractivity contribution is 1.11. The van der Waals surface area contributed by atoms with E-state index in [2.05, 4.69) is 25.0 Å². The summed E-state index contributed by atoms with van der Waals surface area (Å²) in [5, 5.41) is 0. The number of aromatic nitrogens is 2. The minimum Gasteiger partial charge on any atom is -0.369 e. The molecule has 0 unspecified atom stereocenters. The van der Waals surface area contributed by atoms with E-state index < -0.39 is 0 Å². The van der Waals surface area contributed by atoms with Crippen molar-refractivity contribution in [2.24, 2.45) is 0 Å². The first kappa shape index (κ1) is 9.96. The maximum absolute atomic E-state index is 5.99. The molecular weight excluding hydrogens is 209 g/mol. The van der Waals surface area contributed by atoms with E-state index in [1.165, 1.54) is 5.46 Å². The summed E-state index contributed by atoms with van der Waals surface area (Å²) in [5.74, 6) is 0.525. The Morgan fingerprint density at radius 2 is 1.82 bits per heavy atom. The number of benzene rings is 2. The second-order valence-electron chi connectivity index (χ2n) is 4.13. The molecule has 2 N–H and O–H groups in total. The van der Waals surface area contributed by atoms with Gasteiger partial charge in [-0.25, -0.2) is 4.98 Å². The average Bonchev–Trinajstić information content (AvgIpc) is 2.65. The molecule has 3 nitrogen and oxygen atoms in total. The first-order valence-electron chi connectivity index (χ1n) is 5.56. The van der Waals surface area contributed by atoms with Gasteiger partial charge in [-0.3, -0.25) is 4.57 Å². The predicted molar refractivity (Wildman–Crippen MR) is 73.7 cm³/mol. The predicted octanol–water partition coefficient (Wildman–Crippen LogP) is 0.866. The summed E-state index contributed by atoms with van der Waals surface area (Å²) >= 11 is 0. The molecule has 0 atom stereocenters. The van der Waals surface area contributed by atoms with Crippen molar-refractivity contribution in [2.75, 3.05) is 5.73 Å². The highest BCUT2D eigenvalue weighted by Crippen LogP contribution is 2.21. The highest BCUT2D eigenvalue weighted by molar-refractivity contribution is 6.33. The molecule has 0 radical (unpaired) electrons. The smallest absolute Gasteiger partial charge is 0.205 e. The first-order valence-corrected chi connectivity index (χ1v) is 5.56. The SMILES string of the molecule is Bc1ccc2c(c1)nc(N)n2-c1ccccc1. The van der Waals surface area contributed by atoms with Crippen LogP contribution in [0, 0.1) is 0 Å². The van der Waals surface area contributed by atoms with Gasteiger partial charge in [-0.05, 0) is 24.3 Å². The zero-order valence-corrected chi connectivity index (χ0v) is 9.59. The lowest BCUT2D eigenvalue weighted by atomic mass is 9.96. The Balaban J connectivity index is 2.33. The average molecular weight is 221 g/mol. The quantitative estimate of drug-likeness (QED) is 0.619. The number of nitrogen functional groups attached to an aromatic ring is 1. The Kier molecular flexibility index (Phi) is 2.15. The van der Waals surface area contributed by atoms with Crippen LogP contribution in [0.5, 0.6) is 0 Å². The first-order chi connectivity index (χ1) is 8.25. The largest absolute Gasteiger partial charge is 0.369 e. The monoisotopic (exact) mass is 221 g/mol. The molecule has 0 spiro atoms. The molecule has 0 bridgehead atoms. The number of fused-ring (bicyclic) bond motifs is 1. The van der Waals surface area contributed by atoms with Gasteiger partial charge in [0.15, 0.2) is 0 Å². The van der Waals surface area contributed by atoms with Gasteiger partial charge in [-0.1, -0.05) is 29.7 Å². The number of hydrogen-bond donors (Lipinski definition) is 1. The third-order valence-corrected chi connectivity index (χ3v) is 2.85. The number of nitrogens with zero attached hydrogens (tertiary/aromatic N) is 2. The molecule has 1 heterocycles. The van der Waals surface area contributed by atoms with Crippen molar-refractivity contribution in [1.82, 2.24) is 9.55 Å². The van der Waals surface area contributed by atoms with Crippen LogP contribution < -0.4 is 11.2 Å². The van der Waals surface area contributed by atoms with Crippen LogP contribution in [0.15, 0.2) is 48.5 Å². The summed E-state index contributed by atoms with van der Waals surface area (Å²) in [4.78, 5) is 4.39. The van der Waals surface area contributed by atoms with Crippen LogP contribution in [0.1, 0.15) is 0 Å². The van der Waals surface area contributed by atoms with E-state index in [1.54, 1.807) is 0 Å². The topological polar surface area (TPSA) is 43.8 Å². The van der Waals surface area contributed by atoms with Gasteiger partial charge in [0.05, 0.1) is 11.0 Å². The van der Waals surface area contributed by atoms with Gasteiger partial charge in [-0.2, -0.15) is 0 Å². The van der Waals surface area contributed by atoms with Gasteiger partial charge in [0.2, 0.25) is 5.95 Å². The third-order valence-electron chi connectivity index (χ3n) is 2.85. The molecular formula is C13H12BN3. The second-order valence-corrected chi connectivity index (χ2v) is 4.13. The number of rotatable bonds is 1. The maximum Gasteiger partial charge on any atom is 0.205 e. The second kappa shape index (κ2) is 3.66. The zero-order chi connectivity index (χ0) is 11.8. The van der Waals surface area contributed by atoms with Crippen LogP contribution in [0.2, 0.25) is 0 Å². The minimum atomic E-state index is 0.525. The van der Waals surface area contributed by atoms with Gasteiger partial charge >= 0.3 is 0 Å². The zero-order valence-electron chi connectivity index (χ0n) is 9.59. The van der Waals surface area contributed by atoms with E-state index in [0.29, 0.717) is 5.95 Å². The van der Waals surface area contributed by atoms with Crippen molar-refractivity contribution in [2.45, 2.75) is 0 Å². The molecule has 3 rings (SSSR count). The molecule has 0 amide bonds. The van der Waals surface area contributed by atoms with Crippen LogP contribution >= 0.6 is 0 Å². The van der Waals surface area contributed by atoms with Crippen LogP contribution in [0.4, 0.5) is 5.95 Å². The fourth-order valence-corrected chi connectivity index (χ4v) is 2.06. The van der Waals surface area contributed by atoms with E-state index in [-0.39, 0.29) is 0 Å². The van der Waals surface area contributed by atoms with Gasteiger partial charge < -0.3 is 5.73 Å². The Bertz CT molecular complexity index is 674. The summed E-state index contributed by atoms with van der Waals surface area (Å²) in [6, 6.07) is 16.2. The molecule has 3 aromatic rings. The lowest BCUT2D eigenvalue weighted by Crippen LogP contribution is -2.01. The molecule has 2 aromatic carbocycles. The molecule has 0 saturated heterocycles. The van der Waals surface area contributed by atoms with Gasteiger partial charge in [0, 0.05) is 5.69 Å². The maximum atomic E-state index is 5.99. The number of para-hydroxylation sites is 1. The molecule has 0 fully saturated rings. The highest BCUT2D eigenvalue weighted by Gasteiger charge is 2.08. The molecule has 4 heteroatoms. The van der Waals surface area contributed by atoms with Crippen molar-refractivity contribution in [3.8, 4) is 5.69 Å². The highest BCUT2D eigenvalue weighted by atomic mass is 15.2. The summed E-state index contributed by atoms with van der Waals surface area (Å²) in [6.45, 7) is 0. The van der Waals surface area contributed by atoms with Crippen LogP contribution in [0.25, 0.3) is 16.7 Å². The summed E-state index contributed by atoms with van der Waals surface area (Å²) in [6.07, 6.45) is 0. The number of anilines is 1. The molecule has 82 valence electrons. The van der Waals surface area contributed by atoms with E-state index in [0.717, 1.165) is 16.7 Å². The summed E-state index contributed by atoms with van der Waals surface area (Å²) < 4.78 is 1.97. The van der Waals surface area contributed by atoms with Gasteiger partial charge in [-0.15, -0.1) is 0 Å². The molecule has 0 saturated carbocycles. The Morgan fingerprint density at radius 1 is 1.06 bits per heavy atom. The molecule has 17 heavy (non-hydrogen) atoms. The van der Waals surface area contributed by atoms with Crippen molar-refractivity contribution in [1.29, 1.82) is 0 Å². The molecule has 0 aliphatic heterocycles. The Labute approximate surface area is 100 Å². The summed E-state index contributed by atoms with van der Waals surface area (Å²) in [7, 11) is 2.05. The van der Waals surface area contributed by atoms with Crippen LogP contribution in [0.3, 0.4) is 0 Å².